The zero-order valence-corrected chi connectivity index (χ0v) is 14.6. The van der Waals surface area contributed by atoms with E-state index >= 15 is 0 Å². The first-order valence-electron chi connectivity index (χ1n) is 8.21. The second kappa shape index (κ2) is 5.67. The molecule has 0 aromatic carbocycles. The van der Waals surface area contributed by atoms with Crippen LogP contribution in [0.2, 0.25) is 0 Å². The molecular weight excluding hydrogens is 302 g/mol. The smallest absolute Gasteiger partial charge is 0.297 e. The Labute approximate surface area is 137 Å². The highest BCUT2D eigenvalue weighted by Crippen LogP contribution is 2.42. The van der Waals surface area contributed by atoms with Crippen LogP contribution in [-0.4, -0.2) is 59.8 Å². The average Bonchev–Trinajstić information content (AvgIpc) is 2.98. The van der Waals surface area contributed by atoms with Gasteiger partial charge in [-0.2, -0.15) is 4.74 Å². The van der Waals surface area contributed by atoms with Gasteiger partial charge in [-0.25, -0.2) is 0 Å². The molecule has 0 bridgehead atoms. The molecule has 3 rings (SSSR count). The second-order valence-electron chi connectivity index (χ2n) is 7.68. The van der Waals surface area contributed by atoms with Crippen molar-refractivity contribution in [1.82, 2.24) is 0 Å². The Balaban J connectivity index is 1.82. The first kappa shape index (κ1) is 17.1. The van der Waals surface area contributed by atoms with E-state index in [4.69, 9.17) is 23.7 Å². The largest absolute Gasteiger partial charge is 0.622 e. The van der Waals surface area contributed by atoms with Gasteiger partial charge in [0.15, 0.2) is 23.9 Å². The van der Waals surface area contributed by atoms with Gasteiger partial charge < -0.3 is 28.9 Å². The SMILES string of the molecule is CC(C)/C=[N+](\[O-])[C@@H]1O[C@@H]([C@H]2COC(C)(C)O2)C2OC(C)(C)O[C@@H]21. The second-order valence-corrected chi connectivity index (χ2v) is 7.68. The molecule has 3 aliphatic heterocycles. The molecule has 0 amide bonds. The number of fused-ring (bicyclic) bond motifs is 1. The van der Waals surface area contributed by atoms with Crippen LogP contribution in [0.15, 0.2) is 0 Å². The van der Waals surface area contributed by atoms with Gasteiger partial charge in [0, 0.05) is 5.92 Å². The van der Waals surface area contributed by atoms with Crippen LogP contribution in [0.1, 0.15) is 41.5 Å². The van der Waals surface area contributed by atoms with E-state index in [9.17, 15) is 5.21 Å². The summed E-state index contributed by atoms with van der Waals surface area (Å²) in [6.07, 6.45) is -0.627. The molecule has 132 valence electrons. The van der Waals surface area contributed by atoms with Gasteiger partial charge >= 0.3 is 0 Å². The molecule has 3 fully saturated rings. The molecule has 3 saturated heterocycles. The van der Waals surface area contributed by atoms with Crippen LogP contribution in [0.4, 0.5) is 0 Å². The molecule has 3 heterocycles. The summed E-state index contributed by atoms with van der Waals surface area (Å²) in [6.45, 7) is 11.7. The predicted octanol–water partition coefficient (Wildman–Crippen LogP) is 1.62. The Morgan fingerprint density at radius 3 is 2.22 bits per heavy atom. The Bertz CT molecular complexity index is 489. The summed E-state index contributed by atoms with van der Waals surface area (Å²) >= 11 is 0. The van der Waals surface area contributed by atoms with Crippen LogP contribution in [0, 0.1) is 11.1 Å². The fourth-order valence-corrected chi connectivity index (χ4v) is 3.37. The molecule has 0 N–H and O–H groups in total. The van der Waals surface area contributed by atoms with Gasteiger partial charge in [-0.15, -0.1) is 0 Å². The summed E-state index contributed by atoms with van der Waals surface area (Å²) < 4.78 is 30.3. The Kier molecular flexibility index (Phi) is 4.21. The minimum Gasteiger partial charge on any atom is -0.622 e. The molecule has 23 heavy (non-hydrogen) atoms. The number of rotatable bonds is 3. The number of ether oxygens (including phenoxy) is 5. The van der Waals surface area contributed by atoms with Gasteiger partial charge in [-0.05, 0) is 27.7 Å². The van der Waals surface area contributed by atoms with E-state index in [1.807, 2.05) is 41.5 Å². The third-order valence-electron chi connectivity index (χ3n) is 4.16. The summed E-state index contributed by atoms with van der Waals surface area (Å²) in [7, 11) is 0. The Morgan fingerprint density at radius 2 is 1.65 bits per heavy atom. The van der Waals surface area contributed by atoms with Gasteiger partial charge in [-0.3, -0.25) is 0 Å². The minimum absolute atomic E-state index is 0.119. The number of hydroxylamine groups is 1. The fourth-order valence-electron chi connectivity index (χ4n) is 3.37. The molecule has 7 nitrogen and oxygen atoms in total. The van der Waals surface area contributed by atoms with Gasteiger partial charge in [-0.1, -0.05) is 13.8 Å². The maximum atomic E-state index is 12.4. The van der Waals surface area contributed by atoms with Crippen LogP contribution in [0.5, 0.6) is 0 Å². The fraction of sp³-hybridized carbons (Fsp3) is 0.938. The molecular formula is C16H27NO6. The van der Waals surface area contributed by atoms with E-state index in [0.717, 1.165) is 4.74 Å². The van der Waals surface area contributed by atoms with Crippen LogP contribution in [0.25, 0.3) is 0 Å². The van der Waals surface area contributed by atoms with Crippen molar-refractivity contribution in [3.05, 3.63) is 5.21 Å². The lowest BCUT2D eigenvalue weighted by Gasteiger charge is -2.26. The van der Waals surface area contributed by atoms with Crippen molar-refractivity contribution in [2.75, 3.05) is 6.61 Å². The first-order valence-corrected chi connectivity index (χ1v) is 8.21. The van der Waals surface area contributed by atoms with E-state index in [2.05, 4.69) is 0 Å². The van der Waals surface area contributed by atoms with E-state index in [0.29, 0.717) is 6.61 Å². The maximum Gasteiger partial charge on any atom is 0.297 e. The number of hydrogen-bond donors (Lipinski definition) is 0. The van der Waals surface area contributed by atoms with E-state index in [-0.39, 0.29) is 18.1 Å². The summed E-state index contributed by atoms with van der Waals surface area (Å²) in [5.74, 6) is -1.28. The van der Waals surface area contributed by atoms with Crippen LogP contribution in [-0.2, 0) is 23.7 Å². The van der Waals surface area contributed by atoms with E-state index in [1.165, 1.54) is 0 Å². The number of hydrogen-bond acceptors (Lipinski definition) is 6. The zero-order valence-electron chi connectivity index (χ0n) is 14.6. The zero-order chi connectivity index (χ0) is 17.0. The van der Waals surface area contributed by atoms with Crippen molar-refractivity contribution in [2.24, 2.45) is 5.92 Å². The van der Waals surface area contributed by atoms with Crippen molar-refractivity contribution in [1.29, 1.82) is 0 Å². The Hall–Kier alpha value is -0.730. The summed E-state index contributed by atoms with van der Waals surface area (Å²) in [5, 5.41) is 12.4. The van der Waals surface area contributed by atoms with Gasteiger partial charge in [0.2, 0.25) is 0 Å². The maximum absolute atomic E-state index is 12.4. The quantitative estimate of drug-likeness (QED) is 0.339. The molecule has 0 aliphatic carbocycles. The lowest BCUT2D eigenvalue weighted by molar-refractivity contribution is -0.564. The van der Waals surface area contributed by atoms with Crippen molar-refractivity contribution < 1.29 is 28.4 Å². The van der Waals surface area contributed by atoms with Gasteiger partial charge in [0.1, 0.15) is 18.3 Å². The average molecular weight is 329 g/mol. The minimum atomic E-state index is -0.747. The van der Waals surface area contributed by atoms with Crippen LogP contribution in [0.3, 0.4) is 0 Å². The topological polar surface area (TPSA) is 72.2 Å². The molecule has 5 atom stereocenters. The third kappa shape index (κ3) is 3.39. The molecule has 0 aromatic heterocycles. The molecule has 3 aliphatic rings. The van der Waals surface area contributed by atoms with Crippen LogP contribution < -0.4 is 0 Å². The summed E-state index contributed by atoms with van der Waals surface area (Å²) in [6, 6.07) is 0. The van der Waals surface area contributed by atoms with E-state index < -0.39 is 30.0 Å². The van der Waals surface area contributed by atoms with E-state index in [1.54, 1.807) is 6.21 Å². The van der Waals surface area contributed by atoms with Gasteiger partial charge in [0.05, 0.1) is 6.61 Å². The number of nitrogens with zero attached hydrogens (tertiary/aromatic N) is 1. The first-order chi connectivity index (χ1) is 10.6. The van der Waals surface area contributed by atoms with Crippen molar-refractivity contribution in [3.8, 4) is 0 Å². The summed E-state index contributed by atoms with van der Waals surface area (Å²) in [4.78, 5) is 0. The molecule has 0 radical (unpaired) electrons. The van der Waals surface area contributed by atoms with Crippen molar-refractivity contribution in [2.45, 2.75) is 83.8 Å². The lowest BCUT2D eigenvalue weighted by atomic mass is 10.1. The highest BCUT2D eigenvalue weighted by atomic mass is 16.8. The molecule has 0 aromatic rings. The standard InChI is InChI=1S/C16H27NO6/c1-9(2)7-17(18)14-13-12(22-16(5,6)23-13)11(20-14)10-8-19-15(3,4)21-10/h7,9-14H,8H2,1-6H3/b17-7-/t10-,11+,12?,13+,14-/m1/s1. The van der Waals surface area contributed by atoms with Crippen LogP contribution >= 0.6 is 0 Å². The molecule has 0 spiro atoms. The molecule has 1 unspecified atom stereocenters. The van der Waals surface area contributed by atoms with Crippen molar-refractivity contribution >= 4 is 6.21 Å². The van der Waals surface area contributed by atoms with Gasteiger partial charge in [0.25, 0.3) is 6.23 Å². The normalized spacial score (nSPS) is 42.4. The molecule has 0 saturated carbocycles. The summed E-state index contributed by atoms with van der Waals surface area (Å²) in [5.41, 5.74) is 0. The third-order valence-corrected chi connectivity index (χ3v) is 4.16. The monoisotopic (exact) mass is 329 g/mol. The van der Waals surface area contributed by atoms with Crippen molar-refractivity contribution in [3.63, 3.8) is 0 Å². The Morgan fingerprint density at radius 1 is 1.00 bits per heavy atom. The molecule has 7 heteroatoms. The lowest BCUT2D eigenvalue weighted by Crippen LogP contribution is -2.40. The highest BCUT2D eigenvalue weighted by Gasteiger charge is 2.62. The highest BCUT2D eigenvalue weighted by molar-refractivity contribution is 5.53. The predicted molar refractivity (Wildman–Crippen MR) is 81.9 cm³/mol.